The van der Waals surface area contributed by atoms with E-state index in [1.807, 2.05) is 16.7 Å². The van der Waals surface area contributed by atoms with Crippen LogP contribution in [0.15, 0.2) is 16.7 Å². The van der Waals surface area contributed by atoms with Gasteiger partial charge in [-0.3, -0.25) is 9.59 Å². The summed E-state index contributed by atoms with van der Waals surface area (Å²) in [5.74, 6) is 1.77. The third-order valence-electron chi connectivity index (χ3n) is 5.76. The highest BCUT2D eigenvalue weighted by atomic mass is 16.5. The van der Waals surface area contributed by atoms with Crippen molar-refractivity contribution in [3.8, 4) is 0 Å². The van der Waals surface area contributed by atoms with Crippen molar-refractivity contribution in [3.63, 3.8) is 0 Å². The van der Waals surface area contributed by atoms with Crippen molar-refractivity contribution < 1.29 is 18.7 Å². The molecule has 130 valence electrons. The molecule has 3 aliphatic rings. The fraction of sp³-hybridized carbons (Fsp3) is 0.667. The molecular weight excluding hydrogens is 308 g/mol. The number of fused-ring (bicyclic) bond motifs is 1. The standard InChI is InChI=1S/C18H24N2O4/c1-12-14(5-8-23-12)18(22)20-7-4-13-11-24-16(15(13)9-20)10-19-6-2-3-17(19)21/h5,8,13,15-16H,2-4,6-7,9-11H2,1H3/t13-,15-,16+/m0/s1. The molecule has 4 rings (SSSR count). The van der Waals surface area contributed by atoms with Gasteiger partial charge in [0.15, 0.2) is 0 Å². The smallest absolute Gasteiger partial charge is 0.257 e. The van der Waals surface area contributed by atoms with Gasteiger partial charge in [-0.25, -0.2) is 0 Å². The van der Waals surface area contributed by atoms with Crippen molar-refractivity contribution >= 4 is 11.8 Å². The summed E-state index contributed by atoms with van der Waals surface area (Å²) >= 11 is 0. The first-order valence-electron chi connectivity index (χ1n) is 8.86. The Labute approximate surface area is 141 Å². The quantitative estimate of drug-likeness (QED) is 0.845. The maximum atomic E-state index is 12.7. The number of carbonyl (C=O) groups is 2. The van der Waals surface area contributed by atoms with E-state index in [1.165, 1.54) is 0 Å². The predicted octanol–water partition coefficient (Wildman–Crippen LogP) is 1.69. The van der Waals surface area contributed by atoms with E-state index in [9.17, 15) is 9.59 Å². The third-order valence-corrected chi connectivity index (χ3v) is 5.76. The molecule has 0 aliphatic carbocycles. The first-order chi connectivity index (χ1) is 11.6. The Bertz CT molecular complexity index is 641. The molecule has 1 aromatic rings. The van der Waals surface area contributed by atoms with Crippen LogP contribution in [0.5, 0.6) is 0 Å². The molecule has 3 saturated heterocycles. The van der Waals surface area contributed by atoms with Gasteiger partial charge in [0.25, 0.3) is 5.91 Å². The lowest BCUT2D eigenvalue weighted by Crippen LogP contribution is -2.47. The van der Waals surface area contributed by atoms with Crippen molar-refractivity contribution in [2.75, 3.05) is 32.8 Å². The molecule has 0 spiro atoms. The summed E-state index contributed by atoms with van der Waals surface area (Å²) in [6.07, 6.45) is 4.20. The van der Waals surface area contributed by atoms with Gasteiger partial charge in [0.2, 0.25) is 5.91 Å². The van der Waals surface area contributed by atoms with E-state index in [-0.39, 0.29) is 17.9 Å². The average molecular weight is 332 g/mol. The number of ether oxygens (including phenoxy) is 1. The Morgan fingerprint density at radius 2 is 2.25 bits per heavy atom. The Kier molecular flexibility index (Phi) is 4.08. The third kappa shape index (κ3) is 2.73. The summed E-state index contributed by atoms with van der Waals surface area (Å²) < 4.78 is 11.3. The lowest BCUT2D eigenvalue weighted by atomic mass is 9.84. The molecule has 3 atom stereocenters. The summed E-state index contributed by atoms with van der Waals surface area (Å²) in [5, 5.41) is 0. The number of hydrogen-bond acceptors (Lipinski definition) is 4. The summed E-state index contributed by atoms with van der Waals surface area (Å²) in [6.45, 7) is 5.56. The minimum Gasteiger partial charge on any atom is -0.469 e. The SMILES string of the molecule is Cc1occc1C(=O)N1CC[C@H]2CO[C@H](CN3CCCC3=O)[C@H]2C1. The molecule has 0 saturated carbocycles. The fourth-order valence-electron chi connectivity index (χ4n) is 4.29. The highest BCUT2D eigenvalue weighted by molar-refractivity contribution is 5.95. The van der Waals surface area contributed by atoms with Crippen LogP contribution in [0.2, 0.25) is 0 Å². The molecule has 3 aliphatic heterocycles. The number of nitrogens with zero attached hydrogens (tertiary/aromatic N) is 2. The highest BCUT2D eigenvalue weighted by Gasteiger charge is 2.43. The summed E-state index contributed by atoms with van der Waals surface area (Å²) in [4.78, 5) is 28.5. The van der Waals surface area contributed by atoms with Crippen molar-refractivity contribution in [2.24, 2.45) is 11.8 Å². The van der Waals surface area contributed by atoms with Crippen molar-refractivity contribution in [2.45, 2.75) is 32.3 Å². The van der Waals surface area contributed by atoms with Gasteiger partial charge in [0.1, 0.15) is 5.76 Å². The topological polar surface area (TPSA) is 63.0 Å². The molecule has 0 radical (unpaired) electrons. The molecule has 0 bridgehead atoms. The number of likely N-dealkylation sites (tertiary alicyclic amines) is 2. The number of furan rings is 1. The van der Waals surface area contributed by atoms with Crippen LogP contribution < -0.4 is 0 Å². The van der Waals surface area contributed by atoms with Crippen LogP contribution >= 0.6 is 0 Å². The second kappa shape index (κ2) is 6.24. The lowest BCUT2D eigenvalue weighted by molar-refractivity contribution is -0.129. The maximum absolute atomic E-state index is 12.7. The van der Waals surface area contributed by atoms with E-state index < -0.39 is 0 Å². The molecule has 0 N–H and O–H groups in total. The van der Waals surface area contributed by atoms with Gasteiger partial charge in [-0.1, -0.05) is 0 Å². The molecule has 1 aromatic heterocycles. The number of rotatable bonds is 3. The van der Waals surface area contributed by atoms with E-state index in [1.54, 1.807) is 12.3 Å². The average Bonchev–Trinajstić information content (AvgIpc) is 3.29. The Hall–Kier alpha value is -1.82. The molecular formula is C18H24N2O4. The van der Waals surface area contributed by atoms with Gasteiger partial charge in [0, 0.05) is 38.5 Å². The van der Waals surface area contributed by atoms with Crippen molar-refractivity contribution in [3.05, 3.63) is 23.7 Å². The monoisotopic (exact) mass is 332 g/mol. The van der Waals surface area contributed by atoms with Gasteiger partial charge >= 0.3 is 0 Å². The summed E-state index contributed by atoms with van der Waals surface area (Å²) in [7, 11) is 0. The predicted molar refractivity (Wildman–Crippen MR) is 86.5 cm³/mol. The number of piperidine rings is 1. The molecule has 4 heterocycles. The van der Waals surface area contributed by atoms with E-state index in [0.717, 1.165) is 32.5 Å². The van der Waals surface area contributed by atoms with Crippen LogP contribution in [0, 0.1) is 18.8 Å². The zero-order valence-corrected chi connectivity index (χ0v) is 14.1. The van der Waals surface area contributed by atoms with E-state index >= 15 is 0 Å². The van der Waals surface area contributed by atoms with Gasteiger partial charge in [0.05, 0.1) is 24.5 Å². The van der Waals surface area contributed by atoms with Crippen LogP contribution in [-0.2, 0) is 9.53 Å². The number of aryl methyl sites for hydroxylation is 1. The van der Waals surface area contributed by atoms with E-state index in [0.29, 0.717) is 42.7 Å². The molecule has 3 fully saturated rings. The van der Waals surface area contributed by atoms with E-state index in [2.05, 4.69) is 0 Å². The normalized spacial score (nSPS) is 30.0. The van der Waals surface area contributed by atoms with Crippen LogP contribution in [0.25, 0.3) is 0 Å². The Morgan fingerprint density at radius 3 is 2.96 bits per heavy atom. The second-order valence-electron chi connectivity index (χ2n) is 7.17. The molecule has 0 aromatic carbocycles. The van der Waals surface area contributed by atoms with Crippen LogP contribution in [-0.4, -0.2) is 60.5 Å². The van der Waals surface area contributed by atoms with Gasteiger partial charge in [-0.15, -0.1) is 0 Å². The minimum absolute atomic E-state index is 0.0441. The zero-order chi connectivity index (χ0) is 16.7. The van der Waals surface area contributed by atoms with Gasteiger partial charge in [-0.2, -0.15) is 0 Å². The number of carbonyl (C=O) groups excluding carboxylic acids is 2. The molecule has 24 heavy (non-hydrogen) atoms. The Morgan fingerprint density at radius 1 is 1.38 bits per heavy atom. The van der Waals surface area contributed by atoms with Crippen molar-refractivity contribution in [1.82, 2.24) is 9.80 Å². The lowest BCUT2D eigenvalue weighted by Gasteiger charge is -2.36. The summed E-state index contributed by atoms with van der Waals surface area (Å²) in [6, 6.07) is 1.75. The zero-order valence-electron chi connectivity index (χ0n) is 14.1. The minimum atomic E-state index is 0.0441. The molecule has 6 nitrogen and oxygen atoms in total. The highest BCUT2D eigenvalue weighted by Crippen LogP contribution is 2.35. The fourth-order valence-corrected chi connectivity index (χ4v) is 4.29. The van der Waals surface area contributed by atoms with E-state index in [4.69, 9.17) is 9.15 Å². The Balaban J connectivity index is 1.44. The van der Waals surface area contributed by atoms with Crippen molar-refractivity contribution in [1.29, 1.82) is 0 Å². The first-order valence-corrected chi connectivity index (χ1v) is 8.86. The van der Waals surface area contributed by atoms with Crippen LogP contribution in [0.1, 0.15) is 35.4 Å². The maximum Gasteiger partial charge on any atom is 0.257 e. The molecule has 6 heteroatoms. The largest absolute Gasteiger partial charge is 0.469 e. The summed E-state index contributed by atoms with van der Waals surface area (Å²) in [5.41, 5.74) is 0.652. The number of hydrogen-bond donors (Lipinski definition) is 0. The van der Waals surface area contributed by atoms with Crippen LogP contribution in [0.3, 0.4) is 0 Å². The van der Waals surface area contributed by atoms with Gasteiger partial charge in [-0.05, 0) is 31.7 Å². The van der Waals surface area contributed by atoms with Crippen LogP contribution in [0.4, 0.5) is 0 Å². The first kappa shape index (κ1) is 15.7. The van der Waals surface area contributed by atoms with Gasteiger partial charge < -0.3 is 19.0 Å². The second-order valence-corrected chi connectivity index (χ2v) is 7.17. The molecule has 0 unspecified atom stereocenters. The molecule has 2 amide bonds. The number of amides is 2.